The van der Waals surface area contributed by atoms with Gasteiger partial charge in [-0.25, -0.2) is 9.78 Å². The third-order valence-electron chi connectivity index (χ3n) is 1.01. The lowest BCUT2D eigenvalue weighted by Crippen LogP contribution is -2.17. The van der Waals surface area contributed by atoms with E-state index < -0.39 is 6.09 Å². The number of primary amides is 1. The van der Waals surface area contributed by atoms with Crippen LogP contribution in [0.15, 0.2) is 12.3 Å². The minimum Gasteiger partial charge on any atom is -0.390 e. The fourth-order valence-corrected chi connectivity index (χ4v) is 1.11. The van der Waals surface area contributed by atoms with Gasteiger partial charge in [0, 0.05) is 9.77 Å². The number of carbonyl (C=O) groups is 1. The highest BCUT2D eigenvalue weighted by Crippen LogP contribution is 2.26. The van der Waals surface area contributed by atoms with E-state index in [0.29, 0.717) is 0 Å². The Hall–Kier alpha value is -0.560. The summed E-state index contributed by atoms with van der Waals surface area (Å²) in [7, 11) is 0. The molecule has 0 fully saturated rings. The van der Waals surface area contributed by atoms with Crippen LogP contribution in [-0.2, 0) is 0 Å². The van der Waals surface area contributed by atoms with Crippen LogP contribution in [0, 0.1) is 3.57 Å². The van der Waals surface area contributed by atoms with Crippen molar-refractivity contribution in [2.45, 2.75) is 0 Å². The molecule has 12 heavy (non-hydrogen) atoms. The topological polar surface area (TPSA) is 65.2 Å². The van der Waals surface area contributed by atoms with Crippen molar-refractivity contribution in [3.63, 3.8) is 0 Å². The summed E-state index contributed by atoms with van der Waals surface area (Å²) in [5.41, 5.74) is 4.78. The maximum atomic E-state index is 10.3. The first-order valence-electron chi connectivity index (χ1n) is 2.88. The first-order valence-corrected chi connectivity index (χ1v) is 4.34. The fraction of sp³-hybridized carbons (Fsp3) is 0. The van der Waals surface area contributed by atoms with Crippen LogP contribution in [0.25, 0.3) is 0 Å². The largest absolute Gasteiger partial charge is 0.411 e. The average molecular weight is 298 g/mol. The SMILES string of the molecule is NC(=O)Oc1nccc(I)c1Cl. The third-order valence-corrected chi connectivity index (χ3v) is 2.59. The second kappa shape index (κ2) is 3.90. The van der Waals surface area contributed by atoms with E-state index >= 15 is 0 Å². The molecule has 0 aliphatic heterocycles. The van der Waals surface area contributed by atoms with Gasteiger partial charge < -0.3 is 10.5 Å². The van der Waals surface area contributed by atoms with Crippen molar-refractivity contribution in [3.05, 3.63) is 20.9 Å². The molecular formula is C6H4ClIN2O2. The van der Waals surface area contributed by atoms with E-state index in [2.05, 4.69) is 9.72 Å². The van der Waals surface area contributed by atoms with Gasteiger partial charge in [-0.05, 0) is 28.7 Å². The summed E-state index contributed by atoms with van der Waals surface area (Å²) in [4.78, 5) is 14.1. The van der Waals surface area contributed by atoms with Crippen LogP contribution >= 0.6 is 34.2 Å². The van der Waals surface area contributed by atoms with E-state index in [9.17, 15) is 4.79 Å². The second-order valence-electron chi connectivity index (χ2n) is 1.83. The van der Waals surface area contributed by atoms with Crippen molar-refractivity contribution in [3.8, 4) is 5.88 Å². The zero-order valence-corrected chi connectivity index (χ0v) is 8.67. The number of hydrogen-bond acceptors (Lipinski definition) is 3. The van der Waals surface area contributed by atoms with Gasteiger partial charge in [0.15, 0.2) is 0 Å². The Morgan fingerprint density at radius 3 is 3.00 bits per heavy atom. The lowest BCUT2D eigenvalue weighted by molar-refractivity contribution is 0.209. The van der Waals surface area contributed by atoms with Crippen molar-refractivity contribution in [2.75, 3.05) is 0 Å². The van der Waals surface area contributed by atoms with Crippen molar-refractivity contribution in [2.24, 2.45) is 5.73 Å². The standard InChI is InChI=1S/C6H4ClIN2O2/c7-4-3(8)1-2-10-5(4)12-6(9)11/h1-2H,(H2,9,11). The molecular weight excluding hydrogens is 294 g/mol. The fourth-order valence-electron chi connectivity index (χ4n) is 0.569. The first-order chi connectivity index (χ1) is 5.61. The number of rotatable bonds is 1. The van der Waals surface area contributed by atoms with Gasteiger partial charge in [-0.1, -0.05) is 11.6 Å². The first kappa shape index (κ1) is 9.53. The van der Waals surface area contributed by atoms with Crippen molar-refractivity contribution < 1.29 is 9.53 Å². The summed E-state index contributed by atoms with van der Waals surface area (Å²) in [6.07, 6.45) is 0.553. The summed E-state index contributed by atoms with van der Waals surface area (Å²) in [5, 5.41) is 0.289. The lowest BCUT2D eigenvalue weighted by Gasteiger charge is -2.01. The average Bonchev–Trinajstić information content (AvgIpc) is 1.98. The summed E-state index contributed by atoms with van der Waals surface area (Å²) >= 11 is 7.73. The molecule has 2 N–H and O–H groups in total. The molecule has 1 heterocycles. The minimum absolute atomic E-state index is 0.0380. The van der Waals surface area contributed by atoms with Crippen molar-refractivity contribution >= 4 is 40.3 Å². The van der Waals surface area contributed by atoms with Gasteiger partial charge in [0.1, 0.15) is 5.02 Å². The number of pyridine rings is 1. The summed E-state index contributed by atoms with van der Waals surface area (Å²) in [6.45, 7) is 0. The number of hydrogen-bond donors (Lipinski definition) is 1. The van der Waals surface area contributed by atoms with Crippen LogP contribution in [0.5, 0.6) is 5.88 Å². The molecule has 0 aromatic carbocycles. The Morgan fingerprint density at radius 1 is 1.75 bits per heavy atom. The highest BCUT2D eigenvalue weighted by atomic mass is 127. The molecule has 1 amide bonds. The highest BCUT2D eigenvalue weighted by Gasteiger charge is 2.08. The molecule has 0 aliphatic rings. The summed E-state index contributed by atoms with van der Waals surface area (Å²) < 4.78 is 5.27. The highest BCUT2D eigenvalue weighted by molar-refractivity contribution is 14.1. The number of carbonyl (C=O) groups excluding carboxylic acids is 1. The number of aromatic nitrogens is 1. The van der Waals surface area contributed by atoms with Crippen LogP contribution < -0.4 is 10.5 Å². The summed E-state index contributed by atoms with van der Waals surface area (Å²) in [5.74, 6) is 0.0380. The molecule has 1 aromatic rings. The van der Waals surface area contributed by atoms with Crippen LogP contribution in [0.4, 0.5) is 4.79 Å². The molecule has 0 saturated carbocycles. The Morgan fingerprint density at radius 2 is 2.42 bits per heavy atom. The maximum Gasteiger partial charge on any atom is 0.411 e. The smallest absolute Gasteiger partial charge is 0.390 e. The number of amides is 1. The van der Waals surface area contributed by atoms with E-state index in [1.807, 2.05) is 22.6 Å². The molecule has 6 heteroatoms. The lowest BCUT2D eigenvalue weighted by atomic mass is 10.5. The molecule has 64 valence electrons. The van der Waals surface area contributed by atoms with Gasteiger partial charge in [-0.3, -0.25) is 0 Å². The number of nitrogens with zero attached hydrogens (tertiary/aromatic N) is 1. The Labute approximate surface area is 87.2 Å². The molecule has 0 bridgehead atoms. The van der Waals surface area contributed by atoms with Gasteiger partial charge in [0.2, 0.25) is 5.88 Å². The molecule has 0 aliphatic carbocycles. The third kappa shape index (κ3) is 2.21. The maximum absolute atomic E-state index is 10.3. The molecule has 0 saturated heterocycles. The minimum atomic E-state index is -0.925. The summed E-state index contributed by atoms with van der Waals surface area (Å²) in [6, 6.07) is 1.69. The Bertz CT molecular complexity index is 318. The second-order valence-corrected chi connectivity index (χ2v) is 3.37. The predicted molar refractivity (Wildman–Crippen MR) is 52.2 cm³/mol. The number of nitrogens with two attached hydrogens (primary N) is 1. The normalized spacial score (nSPS) is 9.50. The Kier molecular flexibility index (Phi) is 3.10. The zero-order chi connectivity index (χ0) is 9.14. The van der Waals surface area contributed by atoms with Crippen LogP contribution in [0.2, 0.25) is 5.02 Å². The van der Waals surface area contributed by atoms with Crippen molar-refractivity contribution in [1.82, 2.24) is 4.98 Å². The number of halogens is 2. The molecule has 0 unspecified atom stereocenters. The van der Waals surface area contributed by atoms with Crippen LogP contribution in [0.1, 0.15) is 0 Å². The van der Waals surface area contributed by atoms with E-state index in [1.54, 1.807) is 6.07 Å². The molecule has 4 nitrogen and oxygen atoms in total. The Balaban J connectivity index is 3.00. The van der Waals surface area contributed by atoms with E-state index in [1.165, 1.54) is 6.20 Å². The quantitative estimate of drug-likeness (QED) is 0.804. The van der Waals surface area contributed by atoms with Crippen LogP contribution in [0.3, 0.4) is 0 Å². The van der Waals surface area contributed by atoms with Gasteiger partial charge in [-0.2, -0.15) is 0 Å². The molecule has 0 spiro atoms. The molecule has 1 aromatic heterocycles. The van der Waals surface area contributed by atoms with Gasteiger partial charge in [0.05, 0.1) is 0 Å². The van der Waals surface area contributed by atoms with E-state index in [-0.39, 0.29) is 10.9 Å². The monoisotopic (exact) mass is 298 g/mol. The van der Waals surface area contributed by atoms with Gasteiger partial charge in [0.25, 0.3) is 0 Å². The van der Waals surface area contributed by atoms with Crippen LogP contribution in [-0.4, -0.2) is 11.1 Å². The van der Waals surface area contributed by atoms with E-state index in [4.69, 9.17) is 17.3 Å². The molecule has 1 rings (SSSR count). The molecule has 0 atom stereocenters. The predicted octanol–water partition coefficient (Wildman–Crippen LogP) is 1.80. The number of ether oxygens (including phenoxy) is 1. The van der Waals surface area contributed by atoms with Gasteiger partial charge in [-0.15, -0.1) is 0 Å². The molecule has 0 radical (unpaired) electrons. The van der Waals surface area contributed by atoms with E-state index in [0.717, 1.165) is 3.57 Å². The van der Waals surface area contributed by atoms with Gasteiger partial charge >= 0.3 is 6.09 Å². The zero-order valence-electron chi connectivity index (χ0n) is 5.75. The van der Waals surface area contributed by atoms with Crippen molar-refractivity contribution in [1.29, 1.82) is 0 Å².